The van der Waals surface area contributed by atoms with E-state index < -0.39 is 0 Å². The third-order valence-corrected chi connectivity index (χ3v) is 4.62. The molecule has 2 rings (SSSR count). The molecular weight excluding hydrogens is 262 g/mol. The van der Waals surface area contributed by atoms with Gasteiger partial charge in [-0.3, -0.25) is 0 Å². The number of esters is 1. The Hall–Kier alpha value is -1.20. The highest BCUT2D eigenvalue weighted by Crippen LogP contribution is 2.35. The molecular formula is C14H19NO3S. The van der Waals surface area contributed by atoms with E-state index in [9.17, 15) is 4.79 Å². The van der Waals surface area contributed by atoms with Crippen LogP contribution in [0.5, 0.6) is 0 Å². The van der Waals surface area contributed by atoms with Gasteiger partial charge >= 0.3 is 5.97 Å². The lowest BCUT2D eigenvalue weighted by Gasteiger charge is -2.16. The average Bonchev–Trinajstić information content (AvgIpc) is 2.77. The summed E-state index contributed by atoms with van der Waals surface area (Å²) >= 11 is 1.67. The van der Waals surface area contributed by atoms with Crippen LogP contribution in [-0.2, 0) is 9.47 Å². The van der Waals surface area contributed by atoms with E-state index in [2.05, 4.69) is 6.92 Å². The largest absolute Gasteiger partial charge is 0.462 e. The predicted molar refractivity (Wildman–Crippen MR) is 76.5 cm³/mol. The highest BCUT2D eigenvalue weighted by Gasteiger charge is 2.27. The molecule has 0 spiro atoms. The van der Waals surface area contributed by atoms with Crippen LogP contribution in [0, 0.1) is 0 Å². The van der Waals surface area contributed by atoms with E-state index in [0.29, 0.717) is 23.1 Å². The van der Waals surface area contributed by atoms with Gasteiger partial charge < -0.3 is 15.2 Å². The van der Waals surface area contributed by atoms with Crippen LogP contribution >= 0.6 is 11.8 Å². The van der Waals surface area contributed by atoms with Crippen molar-refractivity contribution in [2.24, 2.45) is 0 Å². The van der Waals surface area contributed by atoms with Crippen LogP contribution in [0.4, 0.5) is 5.69 Å². The van der Waals surface area contributed by atoms with Crippen LogP contribution in [0.2, 0.25) is 0 Å². The number of hydrogen-bond donors (Lipinski definition) is 1. The van der Waals surface area contributed by atoms with E-state index in [0.717, 1.165) is 17.9 Å². The molecule has 1 saturated heterocycles. The summed E-state index contributed by atoms with van der Waals surface area (Å²) < 4.78 is 10.6. The fraction of sp³-hybridized carbons (Fsp3) is 0.500. The lowest BCUT2D eigenvalue weighted by atomic mass is 10.2. The maximum absolute atomic E-state index is 12.0. The van der Waals surface area contributed by atoms with Crippen molar-refractivity contribution in [1.82, 2.24) is 0 Å². The predicted octanol–water partition coefficient (Wildman–Crippen LogP) is 2.72. The maximum atomic E-state index is 12.0. The van der Waals surface area contributed by atoms with Crippen LogP contribution in [0.15, 0.2) is 23.1 Å². The number of nitrogen functional groups attached to an aromatic ring is 1. The minimum atomic E-state index is -0.316. The van der Waals surface area contributed by atoms with E-state index in [-0.39, 0.29) is 12.1 Å². The zero-order valence-corrected chi connectivity index (χ0v) is 12.0. The van der Waals surface area contributed by atoms with Crippen LogP contribution < -0.4 is 5.73 Å². The first kappa shape index (κ1) is 14.2. The molecule has 0 bridgehead atoms. The second kappa shape index (κ2) is 6.30. The van der Waals surface area contributed by atoms with Gasteiger partial charge in [0.1, 0.15) is 0 Å². The van der Waals surface area contributed by atoms with Gasteiger partial charge in [-0.05, 0) is 38.5 Å². The number of carbonyl (C=O) groups is 1. The monoisotopic (exact) mass is 281 g/mol. The summed E-state index contributed by atoms with van der Waals surface area (Å²) in [5.41, 5.74) is 6.87. The average molecular weight is 281 g/mol. The molecule has 0 amide bonds. The second-order valence-corrected chi connectivity index (χ2v) is 5.78. The molecule has 2 atom stereocenters. The highest BCUT2D eigenvalue weighted by molar-refractivity contribution is 8.00. The third-order valence-electron chi connectivity index (χ3n) is 3.08. The molecule has 2 unspecified atom stereocenters. The normalized spacial score (nSPS) is 22.4. The third kappa shape index (κ3) is 3.42. The van der Waals surface area contributed by atoms with Crippen molar-refractivity contribution in [2.45, 2.75) is 36.5 Å². The Bertz CT molecular complexity index is 464. The zero-order chi connectivity index (χ0) is 13.8. The van der Waals surface area contributed by atoms with Gasteiger partial charge in [0, 0.05) is 22.4 Å². The number of anilines is 1. The Morgan fingerprint density at radius 1 is 1.58 bits per heavy atom. The second-order valence-electron chi connectivity index (χ2n) is 4.50. The minimum Gasteiger partial charge on any atom is -0.462 e. The zero-order valence-electron chi connectivity index (χ0n) is 11.2. The van der Waals surface area contributed by atoms with Gasteiger partial charge in [0.25, 0.3) is 0 Å². The lowest BCUT2D eigenvalue weighted by Crippen LogP contribution is -2.14. The fourth-order valence-electron chi connectivity index (χ4n) is 2.05. The Morgan fingerprint density at radius 2 is 2.37 bits per heavy atom. The topological polar surface area (TPSA) is 61.5 Å². The van der Waals surface area contributed by atoms with E-state index in [1.807, 2.05) is 12.1 Å². The Morgan fingerprint density at radius 3 is 3.00 bits per heavy atom. The molecule has 1 heterocycles. The summed E-state index contributed by atoms with van der Waals surface area (Å²) in [5, 5.41) is 0.372. The van der Waals surface area contributed by atoms with Crippen molar-refractivity contribution in [3.63, 3.8) is 0 Å². The van der Waals surface area contributed by atoms with Crippen molar-refractivity contribution in [1.29, 1.82) is 0 Å². The smallest absolute Gasteiger partial charge is 0.339 e. The molecule has 19 heavy (non-hydrogen) atoms. The molecule has 1 aromatic rings. The summed E-state index contributed by atoms with van der Waals surface area (Å²) in [6.45, 7) is 5.00. The molecule has 1 aliphatic rings. The molecule has 2 N–H and O–H groups in total. The number of hydrogen-bond acceptors (Lipinski definition) is 5. The van der Waals surface area contributed by atoms with Gasteiger partial charge in [0.05, 0.1) is 18.3 Å². The molecule has 5 heteroatoms. The quantitative estimate of drug-likeness (QED) is 0.679. The van der Waals surface area contributed by atoms with Crippen molar-refractivity contribution < 1.29 is 14.3 Å². The summed E-state index contributed by atoms with van der Waals surface area (Å²) in [4.78, 5) is 12.9. The Balaban J connectivity index is 2.21. The highest BCUT2D eigenvalue weighted by atomic mass is 32.2. The number of benzene rings is 1. The van der Waals surface area contributed by atoms with E-state index >= 15 is 0 Å². The summed E-state index contributed by atoms with van der Waals surface area (Å²) in [7, 11) is 0. The Kier molecular flexibility index (Phi) is 4.71. The number of carbonyl (C=O) groups excluding carboxylic acids is 1. The van der Waals surface area contributed by atoms with E-state index in [4.69, 9.17) is 15.2 Å². The van der Waals surface area contributed by atoms with E-state index in [1.165, 1.54) is 0 Å². The number of ether oxygens (including phenoxy) is 2. The first-order valence-electron chi connectivity index (χ1n) is 6.46. The number of rotatable bonds is 4. The standard InChI is InChI=1S/C14H19NO3S/c1-3-17-14(16)11-8-10(15)4-5-13(11)19-12-6-7-18-9(12)2/h4-5,8-9,12H,3,6-7,15H2,1-2H3. The Labute approximate surface area is 117 Å². The SMILES string of the molecule is CCOC(=O)c1cc(N)ccc1SC1CCOC1C. The summed E-state index contributed by atoms with van der Waals surface area (Å²) in [5.74, 6) is -0.316. The molecule has 4 nitrogen and oxygen atoms in total. The van der Waals surface area contributed by atoms with Crippen LogP contribution in [0.1, 0.15) is 30.6 Å². The molecule has 1 aromatic carbocycles. The molecule has 0 aromatic heterocycles. The van der Waals surface area contributed by atoms with Crippen LogP contribution in [-0.4, -0.2) is 30.5 Å². The van der Waals surface area contributed by atoms with E-state index in [1.54, 1.807) is 24.8 Å². The van der Waals surface area contributed by atoms with Gasteiger partial charge in [-0.25, -0.2) is 4.79 Å². The lowest BCUT2D eigenvalue weighted by molar-refractivity contribution is 0.0522. The van der Waals surface area contributed by atoms with Gasteiger partial charge in [-0.1, -0.05) is 0 Å². The van der Waals surface area contributed by atoms with Crippen LogP contribution in [0.3, 0.4) is 0 Å². The maximum Gasteiger partial charge on any atom is 0.339 e. The molecule has 0 radical (unpaired) electrons. The molecule has 0 aliphatic carbocycles. The van der Waals surface area contributed by atoms with Crippen LogP contribution in [0.25, 0.3) is 0 Å². The molecule has 104 valence electrons. The number of nitrogens with two attached hydrogens (primary N) is 1. The summed E-state index contributed by atoms with van der Waals surface area (Å²) in [6, 6.07) is 5.38. The minimum absolute atomic E-state index is 0.206. The van der Waals surface area contributed by atoms with Crippen molar-refractivity contribution in [3.05, 3.63) is 23.8 Å². The first-order valence-corrected chi connectivity index (χ1v) is 7.34. The molecule has 1 aliphatic heterocycles. The first-order chi connectivity index (χ1) is 9.11. The van der Waals surface area contributed by atoms with Gasteiger partial charge in [0.15, 0.2) is 0 Å². The van der Waals surface area contributed by atoms with Gasteiger partial charge in [-0.2, -0.15) is 0 Å². The molecule has 0 saturated carbocycles. The fourth-order valence-corrected chi connectivity index (χ4v) is 3.27. The van der Waals surface area contributed by atoms with Gasteiger partial charge in [0.2, 0.25) is 0 Å². The van der Waals surface area contributed by atoms with Crippen molar-refractivity contribution >= 4 is 23.4 Å². The summed E-state index contributed by atoms with van der Waals surface area (Å²) in [6.07, 6.45) is 1.20. The van der Waals surface area contributed by atoms with Gasteiger partial charge in [-0.15, -0.1) is 11.8 Å². The number of thioether (sulfide) groups is 1. The molecule has 1 fully saturated rings. The van der Waals surface area contributed by atoms with Crippen molar-refractivity contribution in [2.75, 3.05) is 18.9 Å². The van der Waals surface area contributed by atoms with Crippen molar-refractivity contribution in [3.8, 4) is 0 Å².